The second kappa shape index (κ2) is 3.69. The van der Waals surface area contributed by atoms with Gasteiger partial charge in [0, 0.05) is 5.69 Å². The minimum absolute atomic E-state index is 0.0374. The standard InChI is InChI=1S/C10H14N2O3S/c1-7-10(8(2)13)5-11-12(7)9-3-4-16(14,15)6-9/h5,9H,3-4,6H2,1-2H3. The van der Waals surface area contributed by atoms with E-state index in [0.29, 0.717) is 12.0 Å². The second-order valence-electron chi connectivity index (χ2n) is 4.20. The van der Waals surface area contributed by atoms with E-state index in [1.807, 2.05) is 0 Å². The van der Waals surface area contributed by atoms with Gasteiger partial charge in [0.25, 0.3) is 0 Å². The third kappa shape index (κ3) is 1.89. The Bertz CT molecular complexity index is 530. The molecule has 88 valence electrons. The topological polar surface area (TPSA) is 69.0 Å². The third-order valence-corrected chi connectivity index (χ3v) is 4.73. The number of aromatic nitrogens is 2. The Morgan fingerprint density at radius 3 is 2.69 bits per heavy atom. The van der Waals surface area contributed by atoms with Gasteiger partial charge in [-0.15, -0.1) is 0 Å². The fourth-order valence-corrected chi connectivity index (χ4v) is 3.80. The lowest BCUT2D eigenvalue weighted by molar-refractivity contribution is 0.101. The monoisotopic (exact) mass is 242 g/mol. The van der Waals surface area contributed by atoms with Crippen molar-refractivity contribution in [2.24, 2.45) is 0 Å². The number of carbonyl (C=O) groups is 1. The highest BCUT2D eigenvalue weighted by Crippen LogP contribution is 2.25. The van der Waals surface area contributed by atoms with E-state index < -0.39 is 9.84 Å². The molecule has 1 saturated heterocycles. The highest BCUT2D eigenvalue weighted by Gasteiger charge is 2.31. The van der Waals surface area contributed by atoms with E-state index >= 15 is 0 Å². The molecule has 2 heterocycles. The highest BCUT2D eigenvalue weighted by atomic mass is 32.2. The number of nitrogens with zero attached hydrogens (tertiary/aromatic N) is 2. The number of rotatable bonds is 2. The summed E-state index contributed by atoms with van der Waals surface area (Å²) in [6, 6.07) is -0.113. The summed E-state index contributed by atoms with van der Waals surface area (Å²) < 4.78 is 24.4. The lowest BCUT2D eigenvalue weighted by Crippen LogP contribution is -2.14. The summed E-state index contributed by atoms with van der Waals surface area (Å²) in [4.78, 5) is 11.3. The molecule has 1 unspecified atom stereocenters. The molecule has 1 aromatic heterocycles. The van der Waals surface area contributed by atoms with Crippen LogP contribution in [0, 0.1) is 6.92 Å². The number of hydrogen-bond acceptors (Lipinski definition) is 4. The lowest BCUT2D eigenvalue weighted by Gasteiger charge is -2.10. The van der Waals surface area contributed by atoms with Gasteiger partial charge >= 0.3 is 0 Å². The van der Waals surface area contributed by atoms with Crippen molar-refractivity contribution >= 4 is 15.6 Å². The minimum atomic E-state index is -2.92. The maximum Gasteiger partial charge on any atom is 0.163 e. The van der Waals surface area contributed by atoms with Gasteiger partial charge in [0.2, 0.25) is 0 Å². The van der Waals surface area contributed by atoms with Gasteiger partial charge in [-0.3, -0.25) is 9.48 Å². The molecule has 5 nitrogen and oxygen atoms in total. The first-order valence-electron chi connectivity index (χ1n) is 5.16. The number of hydrogen-bond donors (Lipinski definition) is 0. The van der Waals surface area contributed by atoms with Crippen LogP contribution in [-0.4, -0.2) is 35.5 Å². The van der Waals surface area contributed by atoms with Gasteiger partial charge in [0.05, 0.1) is 29.3 Å². The smallest absolute Gasteiger partial charge is 0.163 e. The molecule has 0 amide bonds. The molecule has 1 aromatic rings. The van der Waals surface area contributed by atoms with Crippen LogP contribution >= 0.6 is 0 Å². The average molecular weight is 242 g/mol. The van der Waals surface area contributed by atoms with Crippen molar-refractivity contribution in [1.82, 2.24) is 9.78 Å². The summed E-state index contributed by atoms with van der Waals surface area (Å²) in [5.74, 6) is 0.309. The van der Waals surface area contributed by atoms with Crippen LogP contribution in [0.15, 0.2) is 6.20 Å². The molecule has 16 heavy (non-hydrogen) atoms. The van der Waals surface area contributed by atoms with Crippen LogP contribution in [0.25, 0.3) is 0 Å². The molecule has 0 aromatic carbocycles. The van der Waals surface area contributed by atoms with Crippen molar-refractivity contribution < 1.29 is 13.2 Å². The Hall–Kier alpha value is -1.17. The zero-order valence-electron chi connectivity index (χ0n) is 9.30. The molecular weight excluding hydrogens is 228 g/mol. The molecule has 1 aliphatic rings. The summed E-state index contributed by atoms with van der Waals surface area (Å²) in [5, 5.41) is 4.12. The largest absolute Gasteiger partial charge is 0.294 e. The maximum atomic E-state index is 11.4. The van der Waals surface area contributed by atoms with Crippen molar-refractivity contribution in [2.45, 2.75) is 26.3 Å². The molecule has 1 aliphatic heterocycles. The van der Waals surface area contributed by atoms with Crippen LogP contribution in [0.4, 0.5) is 0 Å². The first kappa shape index (κ1) is 11.3. The molecule has 6 heteroatoms. The van der Waals surface area contributed by atoms with E-state index in [0.717, 1.165) is 5.69 Å². The van der Waals surface area contributed by atoms with Gasteiger partial charge in [-0.1, -0.05) is 0 Å². The number of Topliss-reactive ketones (excluding diaryl/α,β-unsaturated/α-hetero) is 1. The number of ketones is 1. The molecule has 0 bridgehead atoms. The maximum absolute atomic E-state index is 11.4. The Balaban J connectivity index is 2.33. The Labute approximate surface area is 94.4 Å². The van der Waals surface area contributed by atoms with Gasteiger partial charge in [0.1, 0.15) is 0 Å². The first-order valence-corrected chi connectivity index (χ1v) is 6.98. The molecule has 0 radical (unpaired) electrons. The van der Waals surface area contributed by atoms with Crippen molar-refractivity contribution in [3.8, 4) is 0 Å². The number of carbonyl (C=O) groups excluding carboxylic acids is 1. The third-order valence-electron chi connectivity index (χ3n) is 2.98. The zero-order valence-corrected chi connectivity index (χ0v) is 10.1. The normalized spacial score (nSPS) is 23.5. The fraction of sp³-hybridized carbons (Fsp3) is 0.600. The lowest BCUT2D eigenvalue weighted by atomic mass is 10.2. The predicted molar refractivity (Wildman–Crippen MR) is 59.3 cm³/mol. The molecule has 0 saturated carbocycles. The number of sulfone groups is 1. The highest BCUT2D eigenvalue weighted by molar-refractivity contribution is 7.91. The zero-order chi connectivity index (χ0) is 11.9. The van der Waals surface area contributed by atoms with E-state index in [-0.39, 0.29) is 23.3 Å². The Kier molecular flexibility index (Phi) is 2.61. The summed E-state index contributed by atoms with van der Waals surface area (Å²) in [7, 11) is -2.92. The SMILES string of the molecule is CC(=O)c1cnn(C2CCS(=O)(=O)C2)c1C. The van der Waals surface area contributed by atoms with Crippen LogP contribution in [0.1, 0.15) is 35.4 Å². The van der Waals surface area contributed by atoms with Crippen LogP contribution in [-0.2, 0) is 9.84 Å². The average Bonchev–Trinajstić information content (AvgIpc) is 2.69. The van der Waals surface area contributed by atoms with Gasteiger partial charge in [-0.05, 0) is 20.3 Å². The quantitative estimate of drug-likeness (QED) is 0.718. The van der Waals surface area contributed by atoms with E-state index in [4.69, 9.17) is 0 Å². The van der Waals surface area contributed by atoms with E-state index in [9.17, 15) is 13.2 Å². The molecule has 0 spiro atoms. The van der Waals surface area contributed by atoms with Crippen LogP contribution in [0.3, 0.4) is 0 Å². The Morgan fingerprint density at radius 2 is 2.25 bits per heavy atom. The van der Waals surface area contributed by atoms with Crippen molar-refractivity contribution in [3.05, 3.63) is 17.5 Å². The van der Waals surface area contributed by atoms with Gasteiger partial charge in [-0.2, -0.15) is 5.10 Å². The minimum Gasteiger partial charge on any atom is -0.294 e. The molecule has 2 rings (SSSR count). The summed E-state index contributed by atoms with van der Waals surface area (Å²) in [6.07, 6.45) is 2.10. The van der Waals surface area contributed by atoms with Crippen LogP contribution in [0.2, 0.25) is 0 Å². The predicted octanol–water partition coefficient (Wildman–Crippen LogP) is 0.754. The molecule has 1 fully saturated rings. The van der Waals surface area contributed by atoms with Crippen molar-refractivity contribution in [2.75, 3.05) is 11.5 Å². The van der Waals surface area contributed by atoms with Crippen molar-refractivity contribution in [1.29, 1.82) is 0 Å². The van der Waals surface area contributed by atoms with Crippen molar-refractivity contribution in [3.63, 3.8) is 0 Å². The molecule has 0 N–H and O–H groups in total. The van der Waals surface area contributed by atoms with E-state index in [1.54, 1.807) is 11.6 Å². The summed E-state index contributed by atoms with van der Waals surface area (Å²) in [6.45, 7) is 3.29. The van der Waals surface area contributed by atoms with E-state index in [2.05, 4.69) is 5.10 Å². The molecule has 1 atom stereocenters. The fourth-order valence-electron chi connectivity index (χ4n) is 2.11. The van der Waals surface area contributed by atoms with Crippen LogP contribution < -0.4 is 0 Å². The Morgan fingerprint density at radius 1 is 1.56 bits per heavy atom. The first-order chi connectivity index (χ1) is 7.41. The summed E-state index contributed by atoms with van der Waals surface area (Å²) >= 11 is 0. The van der Waals surface area contributed by atoms with E-state index in [1.165, 1.54) is 13.1 Å². The molecular formula is C10H14N2O3S. The molecule has 0 aliphatic carbocycles. The van der Waals surface area contributed by atoms with Gasteiger partial charge < -0.3 is 0 Å². The van der Waals surface area contributed by atoms with Gasteiger partial charge in [-0.25, -0.2) is 8.42 Å². The van der Waals surface area contributed by atoms with Gasteiger partial charge in [0.15, 0.2) is 15.6 Å². The van der Waals surface area contributed by atoms with Crippen LogP contribution in [0.5, 0.6) is 0 Å². The second-order valence-corrected chi connectivity index (χ2v) is 6.43. The summed E-state index contributed by atoms with van der Waals surface area (Å²) in [5.41, 5.74) is 1.33.